The fourth-order valence-corrected chi connectivity index (χ4v) is 8.26. The highest BCUT2D eigenvalue weighted by Crippen LogP contribution is 2.51. The standard InChI is InChI=1S/C32H26F3N2OP/c1-23-7-9-24(10-8-23)19-36-17-15-28-29-16-18-37(20-25-11-13-26(14-12-25)32(33,34)35)22-31(29)39(38,30(28)21-36)27-5-3-2-4-6-27/h2-18,21-22H,19-20H2,1H3/q+2. The van der Waals surface area contributed by atoms with Crippen molar-refractivity contribution in [3.8, 4) is 11.1 Å². The molecule has 0 saturated heterocycles. The first kappa shape index (κ1) is 25.3. The molecule has 1 aliphatic rings. The van der Waals surface area contributed by atoms with Crippen LogP contribution in [0.25, 0.3) is 11.1 Å². The topological polar surface area (TPSA) is 24.8 Å². The van der Waals surface area contributed by atoms with Crippen LogP contribution in [-0.4, -0.2) is 0 Å². The number of alkyl halides is 3. The molecule has 0 bridgehead atoms. The van der Waals surface area contributed by atoms with Crippen LogP contribution in [-0.2, 0) is 23.8 Å². The molecule has 0 N–H and O–H groups in total. The lowest BCUT2D eigenvalue weighted by molar-refractivity contribution is -0.687. The number of halogens is 3. The van der Waals surface area contributed by atoms with Gasteiger partial charge in [-0.2, -0.15) is 22.3 Å². The molecule has 1 aliphatic heterocycles. The molecule has 1 unspecified atom stereocenters. The third kappa shape index (κ3) is 4.70. The maximum Gasteiger partial charge on any atom is 0.416 e. The number of rotatable bonds is 5. The third-order valence-electron chi connectivity index (χ3n) is 7.21. The summed E-state index contributed by atoms with van der Waals surface area (Å²) in [6.07, 6.45) is 3.44. The summed E-state index contributed by atoms with van der Waals surface area (Å²) >= 11 is 0. The Hall–Kier alpha value is -4.02. The summed E-state index contributed by atoms with van der Waals surface area (Å²) in [6, 6.07) is 27.1. The van der Waals surface area contributed by atoms with E-state index >= 15 is 4.57 Å². The summed E-state index contributed by atoms with van der Waals surface area (Å²) in [5.41, 5.74) is 4.28. The van der Waals surface area contributed by atoms with Crippen molar-refractivity contribution in [1.82, 2.24) is 0 Å². The fraction of sp³-hybridized carbons (Fsp3) is 0.125. The molecular formula is C32H26F3N2OP+2. The molecule has 1 atom stereocenters. The monoisotopic (exact) mass is 542 g/mol. The molecule has 7 heteroatoms. The van der Waals surface area contributed by atoms with E-state index in [2.05, 4.69) is 35.8 Å². The van der Waals surface area contributed by atoms with Crippen molar-refractivity contribution in [2.75, 3.05) is 0 Å². The number of hydrogen-bond acceptors (Lipinski definition) is 1. The van der Waals surface area contributed by atoms with Crippen molar-refractivity contribution in [3.05, 3.63) is 138 Å². The van der Waals surface area contributed by atoms with Gasteiger partial charge in [0.2, 0.25) is 0 Å². The largest absolute Gasteiger partial charge is 0.416 e. The summed E-state index contributed by atoms with van der Waals surface area (Å²) in [4.78, 5) is 0. The van der Waals surface area contributed by atoms with E-state index in [4.69, 9.17) is 0 Å². The molecule has 39 heavy (non-hydrogen) atoms. The second-order valence-electron chi connectivity index (χ2n) is 9.96. The molecule has 2 aromatic heterocycles. The molecule has 3 aromatic carbocycles. The number of hydrogen-bond donors (Lipinski definition) is 0. The van der Waals surface area contributed by atoms with Crippen molar-refractivity contribution in [3.63, 3.8) is 0 Å². The van der Waals surface area contributed by atoms with Gasteiger partial charge in [0, 0.05) is 39.7 Å². The van der Waals surface area contributed by atoms with Gasteiger partial charge in [-0.3, -0.25) is 0 Å². The van der Waals surface area contributed by atoms with Crippen LogP contribution in [0.5, 0.6) is 0 Å². The Labute approximate surface area is 225 Å². The van der Waals surface area contributed by atoms with Crippen molar-refractivity contribution in [2.45, 2.75) is 26.2 Å². The molecule has 5 aromatic rings. The van der Waals surface area contributed by atoms with Gasteiger partial charge in [-0.1, -0.05) is 72.3 Å². The van der Waals surface area contributed by atoms with Gasteiger partial charge in [0.05, 0.1) is 16.2 Å². The van der Waals surface area contributed by atoms with Crippen LogP contribution in [0.4, 0.5) is 13.2 Å². The Morgan fingerprint density at radius 1 is 0.667 bits per heavy atom. The van der Waals surface area contributed by atoms with Crippen molar-refractivity contribution in [2.24, 2.45) is 0 Å². The lowest BCUT2D eigenvalue weighted by atomic mass is 10.1. The number of benzene rings is 3. The minimum absolute atomic E-state index is 0.365. The molecule has 6 rings (SSSR count). The Balaban J connectivity index is 1.41. The lowest BCUT2D eigenvalue weighted by Crippen LogP contribution is -2.39. The summed E-state index contributed by atoms with van der Waals surface area (Å²) in [6.45, 7) is 3.08. The Morgan fingerprint density at radius 3 is 1.64 bits per heavy atom. The van der Waals surface area contributed by atoms with Crippen LogP contribution in [0.3, 0.4) is 0 Å². The fourth-order valence-electron chi connectivity index (χ4n) is 5.16. The normalized spacial score (nSPS) is 16.1. The van der Waals surface area contributed by atoms with Crippen LogP contribution in [0, 0.1) is 6.92 Å². The van der Waals surface area contributed by atoms with E-state index in [1.807, 2.05) is 71.8 Å². The quantitative estimate of drug-likeness (QED) is 0.214. The Bertz CT molecular complexity index is 1710. The molecule has 0 radical (unpaired) electrons. The van der Waals surface area contributed by atoms with E-state index in [0.29, 0.717) is 13.1 Å². The van der Waals surface area contributed by atoms with Crippen molar-refractivity contribution >= 4 is 23.1 Å². The molecular weight excluding hydrogens is 516 g/mol. The summed E-state index contributed by atoms with van der Waals surface area (Å²) in [7, 11) is -3.19. The SMILES string of the molecule is Cc1ccc(C[n+]2ccc3c(c2)P(=O)(c2ccccc2)c2c[n+](Cc4ccc(C(F)(F)F)cc4)ccc2-3)cc1. The van der Waals surface area contributed by atoms with E-state index in [9.17, 15) is 13.2 Å². The first-order valence-electron chi connectivity index (χ1n) is 12.7. The molecule has 0 fully saturated rings. The van der Waals surface area contributed by atoms with Crippen LogP contribution in [0.1, 0.15) is 22.3 Å². The molecule has 0 amide bonds. The third-order valence-corrected chi connectivity index (χ3v) is 10.3. The van der Waals surface area contributed by atoms with E-state index in [0.717, 1.165) is 50.3 Å². The average molecular weight is 543 g/mol. The van der Waals surface area contributed by atoms with Crippen LogP contribution in [0.15, 0.2) is 116 Å². The molecule has 0 saturated carbocycles. The maximum absolute atomic E-state index is 15.1. The summed E-state index contributed by atoms with van der Waals surface area (Å²) in [5, 5.41) is 2.29. The average Bonchev–Trinajstić information content (AvgIpc) is 3.18. The minimum Gasteiger partial charge on any atom is -0.308 e. The van der Waals surface area contributed by atoms with E-state index in [-0.39, 0.29) is 0 Å². The zero-order valence-corrected chi connectivity index (χ0v) is 22.2. The van der Waals surface area contributed by atoms with Crippen molar-refractivity contribution < 1.29 is 26.9 Å². The van der Waals surface area contributed by atoms with E-state index in [1.165, 1.54) is 17.7 Å². The van der Waals surface area contributed by atoms with Gasteiger partial charge in [-0.15, -0.1) is 0 Å². The molecule has 3 nitrogen and oxygen atoms in total. The van der Waals surface area contributed by atoms with Gasteiger partial charge in [0.15, 0.2) is 45.0 Å². The van der Waals surface area contributed by atoms with Crippen molar-refractivity contribution in [1.29, 1.82) is 0 Å². The minimum atomic E-state index is -4.37. The highest BCUT2D eigenvalue weighted by Gasteiger charge is 2.44. The predicted molar refractivity (Wildman–Crippen MR) is 146 cm³/mol. The van der Waals surface area contributed by atoms with Gasteiger partial charge >= 0.3 is 6.18 Å². The first-order chi connectivity index (χ1) is 18.7. The first-order valence-corrected chi connectivity index (χ1v) is 14.4. The van der Waals surface area contributed by atoms with E-state index in [1.54, 1.807) is 0 Å². The van der Waals surface area contributed by atoms with Gasteiger partial charge in [-0.25, -0.2) is 0 Å². The van der Waals surface area contributed by atoms with E-state index < -0.39 is 18.9 Å². The van der Waals surface area contributed by atoms with Gasteiger partial charge < -0.3 is 4.57 Å². The number of pyridine rings is 2. The van der Waals surface area contributed by atoms with Crippen LogP contribution < -0.4 is 25.0 Å². The molecule has 3 heterocycles. The highest BCUT2D eigenvalue weighted by molar-refractivity contribution is 7.86. The van der Waals surface area contributed by atoms with Crippen LogP contribution in [0.2, 0.25) is 0 Å². The summed E-state index contributed by atoms with van der Waals surface area (Å²) < 4.78 is 58.1. The van der Waals surface area contributed by atoms with Gasteiger partial charge in [-0.05, 0) is 19.1 Å². The predicted octanol–water partition coefficient (Wildman–Crippen LogP) is 5.31. The zero-order valence-electron chi connectivity index (χ0n) is 21.3. The number of aromatic nitrogens is 2. The smallest absolute Gasteiger partial charge is 0.308 e. The molecule has 0 spiro atoms. The molecule has 0 aliphatic carbocycles. The summed E-state index contributed by atoms with van der Waals surface area (Å²) in [5.74, 6) is 0. The zero-order chi connectivity index (χ0) is 27.2. The maximum atomic E-state index is 15.1. The van der Waals surface area contributed by atoms with Gasteiger partial charge in [0.25, 0.3) is 0 Å². The second kappa shape index (κ2) is 9.62. The van der Waals surface area contributed by atoms with Crippen LogP contribution >= 0.6 is 7.14 Å². The van der Waals surface area contributed by atoms with Gasteiger partial charge in [0.1, 0.15) is 0 Å². The number of fused-ring (bicyclic) bond motifs is 3. The second-order valence-corrected chi connectivity index (χ2v) is 12.7. The number of aryl methyl sites for hydroxylation is 1. The molecule has 194 valence electrons. The number of nitrogens with zero attached hydrogens (tertiary/aromatic N) is 2. The highest BCUT2D eigenvalue weighted by atomic mass is 31.2. The Kier molecular flexibility index (Phi) is 6.23. The Morgan fingerprint density at radius 2 is 1.15 bits per heavy atom. The lowest BCUT2D eigenvalue weighted by Gasteiger charge is -2.14.